The molecule has 1 fully saturated rings. The van der Waals surface area contributed by atoms with Gasteiger partial charge in [0.15, 0.2) is 5.16 Å². The first-order chi connectivity index (χ1) is 14.3. The molecule has 1 heterocycles. The Labute approximate surface area is 181 Å². The first-order valence-corrected chi connectivity index (χ1v) is 12.7. The van der Waals surface area contributed by atoms with Crippen LogP contribution in [0.2, 0.25) is 0 Å². The summed E-state index contributed by atoms with van der Waals surface area (Å²) in [5.74, 6) is -0.0521. The van der Waals surface area contributed by atoms with Gasteiger partial charge in [0.1, 0.15) is 5.54 Å². The number of imidazole rings is 1. The van der Waals surface area contributed by atoms with Gasteiger partial charge in [0.05, 0.1) is 27.8 Å². The highest BCUT2D eigenvalue weighted by Crippen LogP contribution is 2.29. The number of nitrogens with zero attached hydrogens (tertiary/aromatic N) is 3. The van der Waals surface area contributed by atoms with Crippen LogP contribution in [0.3, 0.4) is 0 Å². The number of hydrogen-bond donors (Lipinski definition) is 2. The smallest absolute Gasteiger partial charge is 0.238 e. The van der Waals surface area contributed by atoms with E-state index in [2.05, 4.69) is 23.3 Å². The Morgan fingerprint density at radius 2 is 2.10 bits per heavy atom. The molecule has 2 aromatic rings. The number of nitrogens with two attached hydrogens (primary N) is 1. The largest absolute Gasteiger partial charge is 0.337 e. The third kappa shape index (κ3) is 5.14. The number of nitrogens with one attached hydrogen (secondary N) is 1. The molecule has 30 heavy (non-hydrogen) atoms. The minimum absolute atomic E-state index is 0.0118. The van der Waals surface area contributed by atoms with Crippen molar-refractivity contribution in [3.63, 3.8) is 0 Å². The SMILES string of the molecule is CCCCn1c(SCC(=O)NC2(C#N)CCCCC2)nc2cc(S(N)(=O)=O)ccc21. The number of nitriles is 1. The third-order valence-electron chi connectivity index (χ3n) is 5.38. The fraction of sp³-hybridized carbons (Fsp3) is 0.550. The number of rotatable bonds is 8. The number of aromatic nitrogens is 2. The summed E-state index contributed by atoms with van der Waals surface area (Å²) >= 11 is 1.29. The lowest BCUT2D eigenvalue weighted by molar-refractivity contribution is -0.120. The van der Waals surface area contributed by atoms with Crippen molar-refractivity contribution in [3.05, 3.63) is 18.2 Å². The Morgan fingerprint density at radius 3 is 2.73 bits per heavy atom. The van der Waals surface area contributed by atoms with Crippen molar-refractivity contribution >= 4 is 38.7 Å². The van der Waals surface area contributed by atoms with E-state index < -0.39 is 15.6 Å². The van der Waals surface area contributed by atoms with Crippen LogP contribution in [0.4, 0.5) is 0 Å². The molecule has 0 unspecified atom stereocenters. The van der Waals surface area contributed by atoms with Crippen LogP contribution in [-0.4, -0.2) is 35.2 Å². The molecule has 1 aliphatic rings. The molecule has 0 bridgehead atoms. The van der Waals surface area contributed by atoms with Gasteiger partial charge in [-0.2, -0.15) is 5.26 Å². The van der Waals surface area contributed by atoms with Gasteiger partial charge in [-0.1, -0.05) is 44.4 Å². The summed E-state index contributed by atoms with van der Waals surface area (Å²) < 4.78 is 25.3. The molecule has 0 spiro atoms. The van der Waals surface area contributed by atoms with Gasteiger partial charge < -0.3 is 9.88 Å². The van der Waals surface area contributed by atoms with E-state index in [0.29, 0.717) is 30.1 Å². The van der Waals surface area contributed by atoms with Crippen LogP contribution in [0.15, 0.2) is 28.3 Å². The van der Waals surface area contributed by atoms with E-state index in [0.717, 1.165) is 37.6 Å². The molecular formula is C20H27N5O3S2. The van der Waals surface area contributed by atoms with E-state index in [9.17, 15) is 18.5 Å². The second kappa shape index (κ2) is 9.37. The molecule has 1 amide bonds. The van der Waals surface area contributed by atoms with Crippen LogP contribution in [0.25, 0.3) is 11.0 Å². The summed E-state index contributed by atoms with van der Waals surface area (Å²) in [7, 11) is -3.82. The highest BCUT2D eigenvalue weighted by atomic mass is 32.2. The second-order valence-corrected chi connectivity index (χ2v) is 10.2. The molecule has 0 aliphatic heterocycles. The molecule has 1 saturated carbocycles. The van der Waals surface area contributed by atoms with Crippen LogP contribution in [0.1, 0.15) is 51.9 Å². The number of aryl methyl sites for hydroxylation is 1. The quantitative estimate of drug-likeness (QED) is 0.596. The van der Waals surface area contributed by atoms with Crippen molar-refractivity contribution in [3.8, 4) is 6.07 Å². The molecule has 1 aromatic carbocycles. The summed E-state index contributed by atoms with van der Waals surface area (Å²) in [6.45, 7) is 2.80. The van der Waals surface area contributed by atoms with Crippen molar-refractivity contribution in [2.75, 3.05) is 5.75 Å². The van der Waals surface area contributed by atoms with Crippen molar-refractivity contribution in [2.24, 2.45) is 5.14 Å². The number of amides is 1. The molecular weight excluding hydrogens is 422 g/mol. The van der Waals surface area contributed by atoms with Crippen LogP contribution in [0.5, 0.6) is 0 Å². The number of benzene rings is 1. The normalized spacial score (nSPS) is 16.3. The highest BCUT2D eigenvalue weighted by Gasteiger charge is 2.33. The molecule has 0 radical (unpaired) electrons. The molecule has 3 N–H and O–H groups in total. The Kier molecular flexibility index (Phi) is 7.06. The zero-order valence-corrected chi connectivity index (χ0v) is 18.7. The molecule has 0 saturated heterocycles. The van der Waals surface area contributed by atoms with Gasteiger partial charge >= 0.3 is 0 Å². The Bertz CT molecular complexity index is 1070. The zero-order chi connectivity index (χ0) is 21.8. The zero-order valence-electron chi connectivity index (χ0n) is 17.1. The molecule has 1 aromatic heterocycles. The molecule has 162 valence electrons. The monoisotopic (exact) mass is 449 g/mol. The van der Waals surface area contributed by atoms with E-state index in [1.165, 1.54) is 23.9 Å². The minimum Gasteiger partial charge on any atom is -0.337 e. The van der Waals surface area contributed by atoms with Crippen LogP contribution >= 0.6 is 11.8 Å². The second-order valence-electron chi connectivity index (χ2n) is 7.69. The van der Waals surface area contributed by atoms with E-state index >= 15 is 0 Å². The number of primary sulfonamides is 1. The topological polar surface area (TPSA) is 131 Å². The summed E-state index contributed by atoms with van der Waals surface area (Å²) in [5, 5.41) is 18.4. The summed E-state index contributed by atoms with van der Waals surface area (Å²) in [6.07, 6.45) is 6.27. The van der Waals surface area contributed by atoms with Gasteiger partial charge in [0.25, 0.3) is 0 Å². The number of fused-ring (bicyclic) bond motifs is 1. The first-order valence-electron chi connectivity index (χ1n) is 10.2. The molecule has 3 rings (SSSR count). The van der Waals surface area contributed by atoms with E-state index in [-0.39, 0.29) is 16.6 Å². The van der Waals surface area contributed by atoms with E-state index in [4.69, 9.17) is 5.14 Å². The van der Waals surface area contributed by atoms with Gasteiger partial charge in [-0.3, -0.25) is 4.79 Å². The van der Waals surface area contributed by atoms with Gasteiger partial charge in [-0.05, 0) is 37.5 Å². The number of unbranched alkanes of at least 4 members (excludes halogenated alkanes) is 1. The Morgan fingerprint density at radius 1 is 1.37 bits per heavy atom. The maximum absolute atomic E-state index is 12.6. The minimum atomic E-state index is -3.82. The van der Waals surface area contributed by atoms with Gasteiger partial charge in [0, 0.05) is 6.54 Å². The lowest BCUT2D eigenvalue weighted by atomic mass is 9.83. The predicted octanol–water partition coefficient (Wildman–Crippen LogP) is 2.92. The number of carbonyl (C=O) groups is 1. The fourth-order valence-electron chi connectivity index (χ4n) is 3.76. The lowest BCUT2D eigenvalue weighted by Gasteiger charge is -2.31. The van der Waals surface area contributed by atoms with Crippen LogP contribution in [-0.2, 0) is 21.4 Å². The van der Waals surface area contributed by atoms with Crippen molar-refractivity contribution in [1.29, 1.82) is 5.26 Å². The number of carbonyl (C=O) groups excluding carboxylic acids is 1. The first kappa shape index (κ1) is 22.6. The maximum atomic E-state index is 12.6. The van der Waals surface area contributed by atoms with Gasteiger partial charge in [0.2, 0.25) is 15.9 Å². The lowest BCUT2D eigenvalue weighted by Crippen LogP contribution is -2.49. The van der Waals surface area contributed by atoms with Gasteiger partial charge in [-0.15, -0.1) is 0 Å². The average molecular weight is 450 g/mol. The molecule has 10 heteroatoms. The number of sulfonamides is 1. The van der Waals surface area contributed by atoms with Gasteiger partial charge in [-0.25, -0.2) is 18.5 Å². The third-order valence-corrected chi connectivity index (χ3v) is 7.27. The van der Waals surface area contributed by atoms with E-state index in [1.54, 1.807) is 6.07 Å². The fourth-order valence-corrected chi connectivity index (χ4v) is 5.13. The summed E-state index contributed by atoms with van der Waals surface area (Å²) in [5.41, 5.74) is 0.573. The maximum Gasteiger partial charge on any atom is 0.238 e. The summed E-state index contributed by atoms with van der Waals surface area (Å²) in [6, 6.07) is 6.94. The van der Waals surface area contributed by atoms with E-state index in [1.807, 2.05) is 4.57 Å². The molecule has 0 atom stereocenters. The standard InChI is InChI=1S/C20H27N5O3S2/c1-2-3-11-25-17-8-7-15(30(22,27)28)12-16(17)23-19(25)29-13-18(26)24-20(14-21)9-5-4-6-10-20/h7-8,12H,2-6,9-11,13H2,1H3,(H,24,26)(H2,22,27,28). The van der Waals surface area contributed by atoms with Crippen molar-refractivity contribution in [2.45, 2.75) is 74.0 Å². The number of thioether (sulfide) groups is 1. The number of hydrogen-bond acceptors (Lipinski definition) is 6. The predicted molar refractivity (Wildman–Crippen MR) is 116 cm³/mol. The highest BCUT2D eigenvalue weighted by molar-refractivity contribution is 7.99. The molecule has 8 nitrogen and oxygen atoms in total. The van der Waals surface area contributed by atoms with Crippen molar-refractivity contribution in [1.82, 2.24) is 14.9 Å². The Hall–Kier alpha value is -2.09. The van der Waals surface area contributed by atoms with Crippen LogP contribution < -0.4 is 10.5 Å². The average Bonchev–Trinajstić information content (AvgIpc) is 3.07. The summed E-state index contributed by atoms with van der Waals surface area (Å²) in [4.78, 5) is 17.1. The molecule has 1 aliphatic carbocycles. The Balaban J connectivity index is 1.80. The van der Waals surface area contributed by atoms with Crippen LogP contribution in [0, 0.1) is 11.3 Å². The van der Waals surface area contributed by atoms with Crippen molar-refractivity contribution < 1.29 is 13.2 Å².